The topological polar surface area (TPSA) is 34.1 Å². The van der Waals surface area contributed by atoms with Gasteiger partial charge in [0.05, 0.1) is 5.52 Å². The number of nitrogens with zero attached hydrogens (tertiary/aromatic N) is 1. The second kappa shape index (κ2) is 5.19. The fourth-order valence-electron chi connectivity index (χ4n) is 2.49. The molecule has 0 unspecified atom stereocenters. The van der Waals surface area contributed by atoms with Crippen LogP contribution in [0, 0.1) is 0 Å². The molecule has 0 radical (unpaired) electrons. The Balaban J connectivity index is 1.61. The van der Waals surface area contributed by atoms with Crippen molar-refractivity contribution >= 4 is 10.9 Å². The van der Waals surface area contributed by atoms with Crippen molar-refractivity contribution in [2.45, 2.75) is 6.10 Å². The predicted molar refractivity (Wildman–Crippen MR) is 84.5 cm³/mol. The van der Waals surface area contributed by atoms with E-state index in [1.54, 1.807) is 0 Å². The van der Waals surface area contributed by atoms with Gasteiger partial charge in [-0.3, -0.25) is 4.98 Å². The molecule has 3 nitrogen and oxygen atoms in total. The van der Waals surface area contributed by atoms with E-state index in [1.807, 2.05) is 36.5 Å². The maximum Gasteiger partial charge on any atom is 0.123 e. The SMILES string of the molecule is c1ccc2ncc(-c3ccc(OC4CNC4)cc3)cc2c1. The number of pyridine rings is 1. The summed E-state index contributed by atoms with van der Waals surface area (Å²) in [4.78, 5) is 4.51. The van der Waals surface area contributed by atoms with Crippen LogP contribution in [0.2, 0.25) is 0 Å². The van der Waals surface area contributed by atoms with Crippen LogP contribution in [0.25, 0.3) is 22.0 Å². The van der Waals surface area contributed by atoms with Gasteiger partial charge in [-0.15, -0.1) is 0 Å². The Morgan fingerprint density at radius 1 is 0.952 bits per heavy atom. The molecule has 3 heteroatoms. The van der Waals surface area contributed by atoms with Crippen LogP contribution in [0.4, 0.5) is 0 Å². The number of para-hydroxylation sites is 1. The lowest BCUT2D eigenvalue weighted by Gasteiger charge is -2.27. The number of fused-ring (bicyclic) bond motifs is 1. The lowest BCUT2D eigenvalue weighted by Crippen LogP contribution is -2.50. The Morgan fingerprint density at radius 2 is 1.76 bits per heavy atom. The molecule has 104 valence electrons. The van der Waals surface area contributed by atoms with E-state index in [0.717, 1.165) is 40.9 Å². The highest BCUT2D eigenvalue weighted by molar-refractivity contribution is 5.83. The summed E-state index contributed by atoms with van der Waals surface area (Å²) in [5, 5.41) is 4.37. The van der Waals surface area contributed by atoms with Crippen molar-refractivity contribution in [3.05, 3.63) is 60.8 Å². The van der Waals surface area contributed by atoms with Gasteiger partial charge in [0.2, 0.25) is 0 Å². The molecule has 0 spiro atoms. The second-order valence-electron chi connectivity index (χ2n) is 5.34. The van der Waals surface area contributed by atoms with Crippen molar-refractivity contribution in [2.24, 2.45) is 0 Å². The fourth-order valence-corrected chi connectivity index (χ4v) is 2.49. The first kappa shape index (κ1) is 12.4. The molecule has 0 saturated carbocycles. The van der Waals surface area contributed by atoms with Crippen molar-refractivity contribution in [1.29, 1.82) is 0 Å². The van der Waals surface area contributed by atoms with E-state index in [0.29, 0.717) is 6.10 Å². The molecule has 1 aromatic heterocycles. The van der Waals surface area contributed by atoms with Crippen molar-refractivity contribution in [1.82, 2.24) is 10.3 Å². The molecule has 2 aromatic carbocycles. The van der Waals surface area contributed by atoms with Crippen molar-refractivity contribution in [3.8, 4) is 16.9 Å². The molecule has 0 aliphatic carbocycles. The fraction of sp³-hybridized carbons (Fsp3) is 0.167. The molecule has 3 aromatic rings. The van der Waals surface area contributed by atoms with E-state index < -0.39 is 0 Å². The number of ether oxygens (including phenoxy) is 1. The first-order valence-corrected chi connectivity index (χ1v) is 7.21. The molecule has 0 amide bonds. The summed E-state index contributed by atoms with van der Waals surface area (Å²) in [6.07, 6.45) is 2.24. The molecule has 21 heavy (non-hydrogen) atoms. The van der Waals surface area contributed by atoms with Gasteiger partial charge >= 0.3 is 0 Å². The molecular weight excluding hydrogens is 260 g/mol. The van der Waals surface area contributed by atoms with Crippen LogP contribution < -0.4 is 10.1 Å². The molecule has 2 heterocycles. The zero-order valence-corrected chi connectivity index (χ0v) is 11.6. The third kappa shape index (κ3) is 2.48. The highest BCUT2D eigenvalue weighted by Crippen LogP contribution is 2.25. The normalized spacial score (nSPS) is 14.9. The average Bonchev–Trinajstić information content (AvgIpc) is 2.51. The van der Waals surface area contributed by atoms with E-state index in [2.05, 4.69) is 34.6 Å². The Kier molecular flexibility index (Phi) is 3.05. The molecule has 1 saturated heterocycles. The lowest BCUT2D eigenvalue weighted by molar-refractivity contribution is 0.142. The van der Waals surface area contributed by atoms with Crippen LogP contribution in [0.1, 0.15) is 0 Å². The van der Waals surface area contributed by atoms with Crippen molar-refractivity contribution in [3.63, 3.8) is 0 Å². The van der Waals surface area contributed by atoms with Crippen LogP contribution >= 0.6 is 0 Å². The van der Waals surface area contributed by atoms with Crippen LogP contribution in [0.5, 0.6) is 5.75 Å². The van der Waals surface area contributed by atoms with Gasteiger partial charge in [0.15, 0.2) is 0 Å². The van der Waals surface area contributed by atoms with Gasteiger partial charge in [-0.1, -0.05) is 30.3 Å². The van der Waals surface area contributed by atoms with Crippen LogP contribution in [-0.2, 0) is 0 Å². The maximum absolute atomic E-state index is 5.83. The van der Waals surface area contributed by atoms with E-state index in [9.17, 15) is 0 Å². The van der Waals surface area contributed by atoms with Gasteiger partial charge in [-0.05, 0) is 29.8 Å². The zero-order valence-electron chi connectivity index (χ0n) is 11.6. The summed E-state index contributed by atoms with van der Waals surface area (Å²) in [5.74, 6) is 0.930. The van der Waals surface area contributed by atoms with Crippen molar-refractivity contribution < 1.29 is 4.74 Å². The summed E-state index contributed by atoms with van der Waals surface area (Å²) in [6, 6.07) is 18.6. The highest BCUT2D eigenvalue weighted by atomic mass is 16.5. The molecule has 0 atom stereocenters. The Morgan fingerprint density at radius 3 is 2.52 bits per heavy atom. The average molecular weight is 276 g/mol. The van der Waals surface area contributed by atoms with E-state index in [-0.39, 0.29) is 0 Å². The standard InChI is InChI=1S/C18H16N2O/c1-2-4-18-14(3-1)9-15(10-20-18)13-5-7-16(8-6-13)21-17-11-19-12-17/h1-10,17,19H,11-12H2. The van der Waals surface area contributed by atoms with Gasteiger partial charge < -0.3 is 10.1 Å². The predicted octanol–water partition coefficient (Wildman–Crippen LogP) is 3.25. The minimum atomic E-state index is 0.318. The highest BCUT2D eigenvalue weighted by Gasteiger charge is 2.17. The summed E-state index contributed by atoms with van der Waals surface area (Å²) in [6.45, 7) is 1.88. The smallest absolute Gasteiger partial charge is 0.123 e. The summed E-state index contributed by atoms with van der Waals surface area (Å²) < 4.78 is 5.83. The number of hydrogen-bond donors (Lipinski definition) is 1. The minimum absolute atomic E-state index is 0.318. The van der Waals surface area contributed by atoms with Gasteiger partial charge in [-0.25, -0.2) is 0 Å². The maximum atomic E-state index is 5.83. The monoisotopic (exact) mass is 276 g/mol. The summed E-state index contributed by atoms with van der Waals surface area (Å²) >= 11 is 0. The number of benzene rings is 2. The van der Waals surface area contributed by atoms with Gasteiger partial charge in [0, 0.05) is 30.2 Å². The summed E-state index contributed by atoms with van der Waals surface area (Å²) in [7, 11) is 0. The quantitative estimate of drug-likeness (QED) is 0.797. The number of rotatable bonds is 3. The minimum Gasteiger partial charge on any atom is -0.488 e. The van der Waals surface area contributed by atoms with Crippen LogP contribution in [0.3, 0.4) is 0 Å². The largest absolute Gasteiger partial charge is 0.488 e. The molecular formula is C18H16N2O. The Bertz CT molecular complexity index is 764. The van der Waals surface area contributed by atoms with Crippen LogP contribution in [-0.4, -0.2) is 24.2 Å². The second-order valence-corrected chi connectivity index (χ2v) is 5.34. The van der Waals surface area contributed by atoms with Crippen LogP contribution in [0.15, 0.2) is 60.8 Å². The lowest BCUT2D eigenvalue weighted by atomic mass is 10.1. The number of hydrogen-bond acceptors (Lipinski definition) is 3. The molecule has 0 bridgehead atoms. The van der Waals surface area contributed by atoms with Crippen molar-refractivity contribution in [2.75, 3.05) is 13.1 Å². The first-order valence-electron chi connectivity index (χ1n) is 7.21. The zero-order chi connectivity index (χ0) is 14.1. The molecule has 1 aliphatic rings. The molecule has 4 rings (SSSR count). The van der Waals surface area contributed by atoms with E-state index in [1.165, 1.54) is 0 Å². The Labute approximate surface area is 123 Å². The summed E-state index contributed by atoms with van der Waals surface area (Å²) in [5.41, 5.74) is 3.32. The number of aromatic nitrogens is 1. The Hall–Kier alpha value is -2.39. The first-order chi connectivity index (χ1) is 10.4. The third-order valence-electron chi connectivity index (χ3n) is 3.82. The van der Waals surface area contributed by atoms with E-state index in [4.69, 9.17) is 4.74 Å². The van der Waals surface area contributed by atoms with Gasteiger partial charge in [0.25, 0.3) is 0 Å². The molecule has 1 aliphatic heterocycles. The molecule has 1 N–H and O–H groups in total. The molecule has 1 fully saturated rings. The van der Waals surface area contributed by atoms with Gasteiger partial charge in [-0.2, -0.15) is 0 Å². The number of nitrogens with one attached hydrogen (secondary N) is 1. The van der Waals surface area contributed by atoms with Gasteiger partial charge in [0.1, 0.15) is 11.9 Å². The van der Waals surface area contributed by atoms with E-state index >= 15 is 0 Å². The third-order valence-corrected chi connectivity index (χ3v) is 3.82.